The summed E-state index contributed by atoms with van der Waals surface area (Å²) in [6.07, 6.45) is 3.13. The summed E-state index contributed by atoms with van der Waals surface area (Å²) in [5, 5.41) is 6.80. The number of hydrogen-bond donors (Lipinski definition) is 2. The van der Waals surface area contributed by atoms with Crippen molar-refractivity contribution in [2.75, 3.05) is 11.9 Å². The van der Waals surface area contributed by atoms with Crippen LogP contribution in [-0.4, -0.2) is 18.5 Å². The summed E-state index contributed by atoms with van der Waals surface area (Å²) in [5.41, 5.74) is 1.71. The molecule has 0 aromatic heterocycles. The third-order valence-electron chi connectivity index (χ3n) is 3.13. The molecule has 1 saturated heterocycles. The van der Waals surface area contributed by atoms with Gasteiger partial charge < -0.3 is 10.6 Å². The summed E-state index contributed by atoms with van der Waals surface area (Å²) in [5.74, 6) is 0.00956. The lowest BCUT2D eigenvalue weighted by molar-refractivity contribution is -0.118. The van der Waals surface area contributed by atoms with E-state index in [9.17, 15) is 4.79 Å². The number of hydrogen-bond acceptors (Lipinski definition) is 2. The van der Waals surface area contributed by atoms with Gasteiger partial charge in [0.25, 0.3) is 0 Å². The van der Waals surface area contributed by atoms with Crippen molar-refractivity contribution >= 4 is 39.1 Å². The number of nitrogens with one attached hydrogen (secondary N) is 2. The molecular formula is C13H16BrClN2O. The van der Waals surface area contributed by atoms with Gasteiger partial charge in [0.2, 0.25) is 5.91 Å². The second-order valence-corrected chi connectivity index (χ2v) is 5.83. The van der Waals surface area contributed by atoms with Crippen molar-refractivity contribution in [3.05, 3.63) is 27.2 Å². The van der Waals surface area contributed by atoms with Gasteiger partial charge in [-0.1, -0.05) is 18.0 Å². The number of amides is 1. The van der Waals surface area contributed by atoms with E-state index in [1.54, 1.807) is 6.07 Å². The highest BCUT2D eigenvalue weighted by molar-refractivity contribution is 9.10. The van der Waals surface area contributed by atoms with Crippen LogP contribution in [0.25, 0.3) is 0 Å². The maximum Gasteiger partial charge on any atom is 0.241 e. The van der Waals surface area contributed by atoms with E-state index in [1.807, 2.05) is 13.0 Å². The van der Waals surface area contributed by atoms with E-state index in [1.165, 1.54) is 0 Å². The monoisotopic (exact) mass is 330 g/mol. The fourth-order valence-corrected chi connectivity index (χ4v) is 2.76. The molecule has 1 aliphatic heterocycles. The average molecular weight is 332 g/mol. The lowest BCUT2D eigenvalue weighted by Crippen LogP contribution is -2.43. The molecule has 98 valence electrons. The van der Waals surface area contributed by atoms with Gasteiger partial charge in [0.05, 0.1) is 11.7 Å². The molecule has 1 aromatic rings. The lowest BCUT2D eigenvalue weighted by Gasteiger charge is -2.23. The van der Waals surface area contributed by atoms with E-state index in [2.05, 4.69) is 26.6 Å². The molecule has 1 aromatic carbocycles. The minimum Gasteiger partial charge on any atom is -0.324 e. The van der Waals surface area contributed by atoms with Crippen LogP contribution in [0.4, 0.5) is 5.69 Å². The van der Waals surface area contributed by atoms with Gasteiger partial charge in [0.1, 0.15) is 0 Å². The first kappa shape index (κ1) is 13.8. The minimum absolute atomic E-state index is 0.00956. The van der Waals surface area contributed by atoms with Crippen LogP contribution in [0.3, 0.4) is 0 Å². The summed E-state index contributed by atoms with van der Waals surface area (Å²) in [7, 11) is 0. The van der Waals surface area contributed by atoms with Gasteiger partial charge in [0, 0.05) is 9.50 Å². The van der Waals surface area contributed by atoms with Crippen LogP contribution >= 0.6 is 27.5 Å². The molecule has 1 aliphatic rings. The van der Waals surface area contributed by atoms with Crippen LogP contribution in [0.1, 0.15) is 24.8 Å². The molecule has 1 atom stereocenters. The van der Waals surface area contributed by atoms with Crippen LogP contribution in [-0.2, 0) is 4.79 Å². The Balaban J connectivity index is 2.08. The molecular weight excluding hydrogens is 316 g/mol. The van der Waals surface area contributed by atoms with Crippen molar-refractivity contribution < 1.29 is 4.79 Å². The highest BCUT2D eigenvalue weighted by atomic mass is 79.9. The standard InChI is InChI=1S/C13H16BrClN2O/c1-8-6-9(14)12(7-10(8)15)17-13(18)11-4-2-3-5-16-11/h6-7,11,16H,2-5H2,1H3,(H,17,18)/t11-/m0/s1. The second kappa shape index (κ2) is 6.04. The van der Waals surface area contributed by atoms with E-state index in [-0.39, 0.29) is 11.9 Å². The molecule has 0 aliphatic carbocycles. The van der Waals surface area contributed by atoms with Crippen molar-refractivity contribution in [2.45, 2.75) is 32.2 Å². The lowest BCUT2D eigenvalue weighted by atomic mass is 10.0. The molecule has 1 fully saturated rings. The summed E-state index contributed by atoms with van der Waals surface area (Å²) in [4.78, 5) is 12.1. The Labute approximate surface area is 120 Å². The normalized spacial score (nSPS) is 19.6. The maximum atomic E-state index is 12.1. The van der Waals surface area contributed by atoms with Gasteiger partial charge in [-0.2, -0.15) is 0 Å². The molecule has 3 nitrogen and oxygen atoms in total. The molecule has 1 amide bonds. The fraction of sp³-hybridized carbons (Fsp3) is 0.462. The number of carbonyl (C=O) groups is 1. The third-order valence-corrected chi connectivity index (χ3v) is 4.20. The van der Waals surface area contributed by atoms with E-state index < -0.39 is 0 Å². The Bertz CT molecular complexity index is 459. The number of rotatable bonds is 2. The van der Waals surface area contributed by atoms with Crippen LogP contribution in [0.5, 0.6) is 0 Å². The number of carbonyl (C=O) groups excluding carboxylic acids is 1. The van der Waals surface area contributed by atoms with E-state index in [0.717, 1.165) is 41.5 Å². The molecule has 5 heteroatoms. The first-order valence-electron chi connectivity index (χ1n) is 6.08. The van der Waals surface area contributed by atoms with Gasteiger partial charge in [-0.05, 0) is 59.9 Å². The highest BCUT2D eigenvalue weighted by Crippen LogP contribution is 2.29. The van der Waals surface area contributed by atoms with Crippen molar-refractivity contribution in [3.63, 3.8) is 0 Å². The van der Waals surface area contributed by atoms with Gasteiger partial charge >= 0.3 is 0 Å². The largest absolute Gasteiger partial charge is 0.324 e. The highest BCUT2D eigenvalue weighted by Gasteiger charge is 2.21. The summed E-state index contributed by atoms with van der Waals surface area (Å²) in [6, 6.07) is 3.60. The molecule has 0 saturated carbocycles. The Hall–Kier alpha value is -0.580. The molecule has 0 unspecified atom stereocenters. The molecule has 0 spiro atoms. The third kappa shape index (κ3) is 3.25. The fourth-order valence-electron chi connectivity index (χ4n) is 2.04. The van der Waals surface area contributed by atoms with E-state index in [0.29, 0.717) is 5.02 Å². The van der Waals surface area contributed by atoms with Crippen molar-refractivity contribution in [1.82, 2.24) is 5.32 Å². The number of piperidine rings is 1. The van der Waals surface area contributed by atoms with Crippen LogP contribution in [0, 0.1) is 6.92 Å². The smallest absolute Gasteiger partial charge is 0.241 e. The molecule has 1 heterocycles. The second-order valence-electron chi connectivity index (χ2n) is 4.57. The van der Waals surface area contributed by atoms with Crippen LogP contribution < -0.4 is 10.6 Å². The Morgan fingerprint density at radius 1 is 1.50 bits per heavy atom. The number of benzene rings is 1. The van der Waals surface area contributed by atoms with Gasteiger partial charge in [-0.15, -0.1) is 0 Å². The molecule has 18 heavy (non-hydrogen) atoms. The zero-order valence-corrected chi connectivity index (χ0v) is 12.6. The van der Waals surface area contributed by atoms with Crippen LogP contribution in [0.15, 0.2) is 16.6 Å². The van der Waals surface area contributed by atoms with E-state index in [4.69, 9.17) is 11.6 Å². The number of aryl methyl sites for hydroxylation is 1. The topological polar surface area (TPSA) is 41.1 Å². The van der Waals surface area contributed by atoms with Gasteiger partial charge in [0.15, 0.2) is 0 Å². The molecule has 2 rings (SSSR count). The molecule has 0 bridgehead atoms. The SMILES string of the molecule is Cc1cc(Br)c(NC(=O)[C@@H]2CCCCN2)cc1Cl. The predicted octanol–water partition coefficient (Wildman–Crippen LogP) is 3.49. The summed E-state index contributed by atoms with van der Waals surface area (Å²) in [6.45, 7) is 2.84. The van der Waals surface area contributed by atoms with E-state index >= 15 is 0 Å². The first-order chi connectivity index (χ1) is 8.58. The van der Waals surface area contributed by atoms with Gasteiger partial charge in [-0.3, -0.25) is 4.79 Å². The van der Waals surface area contributed by atoms with Gasteiger partial charge in [-0.25, -0.2) is 0 Å². The Morgan fingerprint density at radius 3 is 2.94 bits per heavy atom. The predicted molar refractivity (Wildman–Crippen MR) is 78.2 cm³/mol. The average Bonchev–Trinajstić information content (AvgIpc) is 2.37. The van der Waals surface area contributed by atoms with Crippen molar-refractivity contribution in [2.24, 2.45) is 0 Å². The number of halogens is 2. The first-order valence-corrected chi connectivity index (χ1v) is 7.25. The number of anilines is 1. The summed E-state index contributed by atoms with van der Waals surface area (Å²) >= 11 is 9.51. The van der Waals surface area contributed by atoms with Crippen molar-refractivity contribution in [1.29, 1.82) is 0 Å². The van der Waals surface area contributed by atoms with Crippen molar-refractivity contribution in [3.8, 4) is 0 Å². The quantitative estimate of drug-likeness (QED) is 0.871. The Morgan fingerprint density at radius 2 is 2.28 bits per heavy atom. The minimum atomic E-state index is -0.0919. The zero-order valence-electron chi connectivity index (χ0n) is 10.2. The molecule has 0 radical (unpaired) electrons. The Kier molecular flexibility index (Phi) is 4.65. The maximum absolute atomic E-state index is 12.1. The zero-order chi connectivity index (χ0) is 13.1. The molecule has 2 N–H and O–H groups in total. The van der Waals surface area contributed by atoms with Crippen LogP contribution in [0.2, 0.25) is 5.02 Å². The summed E-state index contributed by atoms with van der Waals surface area (Å²) < 4.78 is 0.855.